The van der Waals surface area contributed by atoms with Gasteiger partial charge in [0.2, 0.25) is 5.69 Å². The first-order valence-electron chi connectivity index (χ1n) is 17.2. The highest BCUT2D eigenvalue weighted by molar-refractivity contribution is 6.33. The number of hydrogen-bond acceptors (Lipinski definition) is 2. The second kappa shape index (κ2) is 9.77. The molecule has 0 amide bonds. The number of allylic oxidation sites excluding steroid dienone is 2. The van der Waals surface area contributed by atoms with Gasteiger partial charge in [0.1, 0.15) is 11.2 Å². The summed E-state index contributed by atoms with van der Waals surface area (Å²) in [5, 5.41) is 7.15. The van der Waals surface area contributed by atoms with Crippen molar-refractivity contribution in [2.24, 2.45) is 4.99 Å². The minimum absolute atomic E-state index is 0.229. The van der Waals surface area contributed by atoms with Crippen LogP contribution in [0.2, 0.25) is 0 Å². The van der Waals surface area contributed by atoms with Gasteiger partial charge in [-0.1, -0.05) is 67.8 Å². The van der Waals surface area contributed by atoms with Gasteiger partial charge in [-0.15, -0.1) is 0 Å². The zero-order chi connectivity index (χ0) is 32.4. The van der Waals surface area contributed by atoms with Gasteiger partial charge in [0, 0.05) is 61.8 Å². The molecule has 4 nitrogen and oxygen atoms in total. The third-order valence-corrected chi connectivity index (χ3v) is 11.3. The molecular formula is C45H32N3O+. The molecule has 232 valence electrons. The Morgan fingerprint density at radius 2 is 1.59 bits per heavy atom. The Hall–Kier alpha value is -6.00. The maximum atomic E-state index is 6.62. The van der Waals surface area contributed by atoms with E-state index < -0.39 is 0 Å². The summed E-state index contributed by atoms with van der Waals surface area (Å²) in [4.78, 5) is 5.23. The van der Waals surface area contributed by atoms with Crippen LogP contribution in [0.15, 0.2) is 150 Å². The molecule has 2 aliphatic heterocycles. The fraction of sp³-hybridized carbons (Fsp3) is 0.111. The molecule has 0 saturated carbocycles. The largest absolute Gasteiger partial charge is 0.455 e. The zero-order valence-corrected chi connectivity index (χ0v) is 27.0. The highest BCUT2D eigenvalue weighted by Crippen LogP contribution is 2.47. The Balaban J connectivity index is 1.20. The summed E-state index contributed by atoms with van der Waals surface area (Å²) in [6.07, 6.45) is 6.87. The number of nitrogens with zero attached hydrogens (tertiary/aromatic N) is 3. The van der Waals surface area contributed by atoms with Gasteiger partial charge < -0.3 is 8.82 Å². The monoisotopic (exact) mass is 630 g/mol. The number of furan rings is 1. The predicted molar refractivity (Wildman–Crippen MR) is 201 cm³/mol. The molecule has 0 radical (unpaired) electrons. The standard InChI is InChI=1S/C45H32N3O/c1-3-37-33-24-34-35-25-36-31-14-7-9-18-42(31)49-45(36)43-32-15-6-8-17-39(32)48(44(35)43)41(34)23-27(33)19-20-30-28-12-4-5-13-29(28)38-16-10-11-21-47(38)40(30)22-26(2)46-37/h3-18,21,23-25,30,40H,1-2,19-20,22H2/q+1/b46-37-. The van der Waals surface area contributed by atoms with Crippen LogP contribution >= 0.6 is 0 Å². The molecular weight excluding hydrogens is 599 g/mol. The van der Waals surface area contributed by atoms with Crippen LogP contribution in [0.3, 0.4) is 0 Å². The average molecular weight is 631 g/mol. The first kappa shape index (κ1) is 27.0. The van der Waals surface area contributed by atoms with Gasteiger partial charge >= 0.3 is 0 Å². The first-order chi connectivity index (χ1) is 24.2. The van der Waals surface area contributed by atoms with Crippen LogP contribution in [0.1, 0.15) is 41.5 Å². The second-order valence-corrected chi connectivity index (χ2v) is 13.8. The predicted octanol–water partition coefficient (Wildman–Crippen LogP) is 10.9. The maximum Gasteiger partial charge on any atom is 0.213 e. The van der Waals surface area contributed by atoms with E-state index in [1.54, 1.807) is 0 Å². The van der Waals surface area contributed by atoms with Crippen LogP contribution in [-0.4, -0.2) is 10.1 Å². The van der Waals surface area contributed by atoms with Gasteiger partial charge in [-0.3, -0.25) is 4.99 Å². The van der Waals surface area contributed by atoms with Crippen LogP contribution in [0.5, 0.6) is 0 Å². The molecule has 0 N–H and O–H groups in total. The molecule has 0 saturated heterocycles. The lowest BCUT2D eigenvalue weighted by Gasteiger charge is -2.31. The number of aliphatic imine (C=N–C) groups is 1. The molecule has 0 bridgehead atoms. The molecule has 2 aliphatic rings. The van der Waals surface area contributed by atoms with Crippen LogP contribution < -0.4 is 4.57 Å². The van der Waals surface area contributed by atoms with E-state index in [0.717, 1.165) is 58.2 Å². The number of aromatic nitrogens is 2. The topological polar surface area (TPSA) is 33.8 Å². The van der Waals surface area contributed by atoms with Crippen molar-refractivity contribution in [2.75, 3.05) is 0 Å². The van der Waals surface area contributed by atoms with Crippen molar-refractivity contribution in [3.05, 3.63) is 157 Å². The van der Waals surface area contributed by atoms with Crippen molar-refractivity contribution in [1.82, 2.24) is 4.40 Å². The lowest BCUT2D eigenvalue weighted by atomic mass is 9.77. The van der Waals surface area contributed by atoms with E-state index in [2.05, 4.69) is 131 Å². The number of pyridine rings is 1. The summed E-state index contributed by atoms with van der Waals surface area (Å²) in [5.74, 6) is 0.325. The molecule has 2 atom stereocenters. The Morgan fingerprint density at radius 3 is 2.51 bits per heavy atom. The molecule has 9 aromatic rings. The number of aryl methyl sites for hydroxylation is 1. The lowest BCUT2D eigenvalue weighted by Crippen LogP contribution is -2.47. The number of rotatable bonds is 1. The minimum atomic E-state index is 0.229. The fourth-order valence-corrected chi connectivity index (χ4v) is 9.27. The molecule has 5 aromatic carbocycles. The van der Waals surface area contributed by atoms with Crippen LogP contribution in [0, 0.1) is 0 Å². The minimum Gasteiger partial charge on any atom is -0.455 e. The highest BCUT2D eigenvalue weighted by Gasteiger charge is 2.40. The van der Waals surface area contributed by atoms with E-state index in [0.29, 0.717) is 5.92 Å². The molecule has 49 heavy (non-hydrogen) atoms. The Kier molecular flexibility index (Phi) is 5.39. The van der Waals surface area contributed by atoms with Crippen LogP contribution in [0.25, 0.3) is 71.3 Å². The summed E-state index contributed by atoms with van der Waals surface area (Å²) in [6.45, 7) is 8.80. The molecule has 0 aliphatic carbocycles. The Morgan fingerprint density at radius 1 is 0.776 bits per heavy atom. The normalized spacial score (nSPS) is 18.9. The van der Waals surface area contributed by atoms with Gasteiger partial charge in [-0.2, -0.15) is 4.57 Å². The van der Waals surface area contributed by atoms with Crippen LogP contribution in [0.4, 0.5) is 0 Å². The average Bonchev–Trinajstić information content (AvgIpc) is 3.79. The van der Waals surface area contributed by atoms with E-state index in [1.165, 1.54) is 60.5 Å². The molecule has 4 aromatic heterocycles. The van der Waals surface area contributed by atoms with Gasteiger partial charge in [-0.25, -0.2) is 0 Å². The maximum absolute atomic E-state index is 6.62. The van der Waals surface area contributed by atoms with Crippen molar-refractivity contribution in [1.29, 1.82) is 0 Å². The fourth-order valence-electron chi connectivity index (χ4n) is 9.27. The molecule has 0 spiro atoms. The molecule has 11 rings (SSSR count). The third-order valence-electron chi connectivity index (χ3n) is 11.3. The Bertz CT molecular complexity index is 2920. The van der Waals surface area contributed by atoms with Crippen molar-refractivity contribution >= 4 is 65.7 Å². The smallest absolute Gasteiger partial charge is 0.213 e. The van der Waals surface area contributed by atoms with E-state index >= 15 is 0 Å². The SMILES string of the molecule is C=C/C1=N/C(=C)CC2C(CCc3cc4c(cc31)c1cc3c5ccccc5oc3c3c5ccccc5n4c13)c1ccccc1-c1cccc[n+]12. The quantitative estimate of drug-likeness (QED) is 0.166. The highest BCUT2D eigenvalue weighted by atomic mass is 16.3. The number of hydrogen-bond donors (Lipinski definition) is 0. The molecule has 4 heteroatoms. The van der Waals surface area contributed by atoms with E-state index in [4.69, 9.17) is 9.41 Å². The number of benzene rings is 5. The van der Waals surface area contributed by atoms with E-state index in [9.17, 15) is 0 Å². The number of para-hydroxylation sites is 2. The summed E-state index contributed by atoms with van der Waals surface area (Å²) in [5.41, 5.74) is 13.7. The van der Waals surface area contributed by atoms with Gasteiger partial charge in [0.05, 0.1) is 34.1 Å². The van der Waals surface area contributed by atoms with Crippen molar-refractivity contribution < 1.29 is 8.98 Å². The summed E-state index contributed by atoms with van der Waals surface area (Å²) in [6, 6.07) is 40.0. The summed E-state index contributed by atoms with van der Waals surface area (Å²) < 4.78 is 11.6. The van der Waals surface area contributed by atoms with Crippen molar-refractivity contribution in [2.45, 2.75) is 31.2 Å². The van der Waals surface area contributed by atoms with Crippen molar-refractivity contribution in [3.8, 4) is 11.3 Å². The van der Waals surface area contributed by atoms with Gasteiger partial charge in [0.25, 0.3) is 0 Å². The van der Waals surface area contributed by atoms with E-state index in [1.807, 2.05) is 12.1 Å². The molecule has 6 heterocycles. The van der Waals surface area contributed by atoms with Gasteiger partial charge in [0.15, 0.2) is 12.2 Å². The first-order valence-corrected chi connectivity index (χ1v) is 17.2. The lowest BCUT2D eigenvalue weighted by molar-refractivity contribution is -0.718. The van der Waals surface area contributed by atoms with Gasteiger partial charge in [-0.05, 0) is 72.5 Å². The summed E-state index contributed by atoms with van der Waals surface area (Å²) >= 11 is 0. The molecule has 0 fully saturated rings. The van der Waals surface area contributed by atoms with Crippen LogP contribution in [-0.2, 0) is 6.42 Å². The molecule has 2 unspecified atom stereocenters. The zero-order valence-electron chi connectivity index (χ0n) is 27.0. The van der Waals surface area contributed by atoms with E-state index in [-0.39, 0.29) is 6.04 Å². The van der Waals surface area contributed by atoms with Crippen molar-refractivity contribution in [3.63, 3.8) is 0 Å². The third kappa shape index (κ3) is 3.58. The second-order valence-electron chi connectivity index (χ2n) is 13.8. The number of fused-ring (bicyclic) bond motifs is 17. The summed E-state index contributed by atoms with van der Waals surface area (Å²) in [7, 11) is 0. The Labute approximate surface area is 282 Å².